The van der Waals surface area contributed by atoms with Gasteiger partial charge in [-0.25, -0.2) is 0 Å². The number of hydrogen-bond donors (Lipinski definition) is 1. The summed E-state index contributed by atoms with van der Waals surface area (Å²) in [6, 6.07) is 14.6. The highest BCUT2D eigenvalue weighted by Gasteiger charge is 2.15. The minimum atomic E-state index is 0.639. The highest BCUT2D eigenvalue weighted by molar-refractivity contribution is 9.10. The van der Waals surface area contributed by atoms with Crippen LogP contribution in [0.5, 0.6) is 0 Å². The van der Waals surface area contributed by atoms with Gasteiger partial charge >= 0.3 is 0 Å². The number of anilines is 2. The van der Waals surface area contributed by atoms with E-state index in [1.54, 1.807) is 0 Å². The first-order valence-electron chi connectivity index (χ1n) is 8.56. The van der Waals surface area contributed by atoms with E-state index in [1.165, 1.54) is 5.56 Å². The van der Waals surface area contributed by atoms with Gasteiger partial charge in [-0.05, 0) is 79.0 Å². The van der Waals surface area contributed by atoms with Crippen LogP contribution in [0.25, 0.3) is 11.1 Å². The van der Waals surface area contributed by atoms with Gasteiger partial charge in [0.05, 0.1) is 11.3 Å². The van der Waals surface area contributed by atoms with Crippen LogP contribution in [0.1, 0.15) is 29.4 Å². The molecule has 0 saturated heterocycles. The van der Waals surface area contributed by atoms with Crippen LogP contribution in [0.4, 0.5) is 11.4 Å². The minimum absolute atomic E-state index is 0.639. The van der Waals surface area contributed by atoms with Crippen molar-refractivity contribution in [3.63, 3.8) is 0 Å². The lowest BCUT2D eigenvalue weighted by atomic mass is 10.0. The van der Waals surface area contributed by atoms with Crippen LogP contribution in [0.15, 0.2) is 40.9 Å². The zero-order valence-corrected chi connectivity index (χ0v) is 17.0. The fourth-order valence-electron chi connectivity index (χ4n) is 3.29. The molecule has 0 atom stereocenters. The van der Waals surface area contributed by atoms with Crippen LogP contribution in [0.3, 0.4) is 0 Å². The molecule has 1 aromatic heterocycles. The summed E-state index contributed by atoms with van der Waals surface area (Å²) < 4.78 is 0.811. The Bertz CT molecular complexity index is 978. The van der Waals surface area contributed by atoms with E-state index in [1.807, 2.05) is 32.0 Å². The predicted molar refractivity (Wildman–Crippen MR) is 110 cm³/mol. The summed E-state index contributed by atoms with van der Waals surface area (Å²) in [4.78, 5) is 2.26. The second-order valence-corrected chi connectivity index (χ2v) is 7.18. The number of aryl methyl sites for hydroxylation is 3. The smallest absolute Gasteiger partial charge is 0.100 e. The highest BCUT2D eigenvalue weighted by Crippen LogP contribution is 2.35. The quantitative estimate of drug-likeness (QED) is 0.593. The Balaban J connectivity index is 2.11. The van der Waals surface area contributed by atoms with Crippen LogP contribution in [0, 0.1) is 32.1 Å². The second-order valence-electron chi connectivity index (χ2n) is 6.33. The Labute approximate surface area is 162 Å². The molecule has 0 aliphatic heterocycles. The molecule has 1 heterocycles. The summed E-state index contributed by atoms with van der Waals surface area (Å²) in [5.41, 5.74) is 8.43. The van der Waals surface area contributed by atoms with Crippen molar-refractivity contribution < 1.29 is 0 Å². The molecule has 3 rings (SSSR count). The molecule has 0 spiro atoms. The summed E-state index contributed by atoms with van der Waals surface area (Å²) in [7, 11) is 0. The van der Waals surface area contributed by atoms with E-state index in [0.717, 1.165) is 44.9 Å². The number of nitrogens with one attached hydrogen (secondary N) is 1. The Morgan fingerprint density at radius 3 is 2.50 bits per heavy atom. The Morgan fingerprint density at radius 2 is 1.92 bits per heavy atom. The number of aromatic amines is 1. The molecular weight excluding hydrogens is 388 g/mol. The summed E-state index contributed by atoms with van der Waals surface area (Å²) in [6.45, 7) is 9.14. The Kier molecular flexibility index (Phi) is 5.15. The number of H-pyrrole nitrogens is 1. The third kappa shape index (κ3) is 3.25. The zero-order valence-electron chi connectivity index (χ0n) is 15.4. The summed E-state index contributed by atoms with van der Waals surface area (Å²) in [5.74, 6) is 0. The van der Waals surface area contributed by atoms with E-state index in [4.69, 9.17) is 5.26 Å². The van der Waals surface area contributed by atoms with Crippen molar-refractivity contribution in [2.45, 2.75) is 27.7 Å². The van der Waals surface area contributed by atoms with Gasteiger partial charge in [0.25, 0.3) is 0 Å². The van der Waals surface area contributed by atoms with E-state index >= 15 is 0 Å². The fourth-order valence-corrected chi connectivity index (χ4v) is 3.74. The molecule has 0 unspecified atom stereocenters. The highest BCUT2D eigenvalue weighted by atomic mass is 79.9. The van der Waals surface area contributed by atoms with E-state index in [-0.39, 0.29) is 0 Å². The Morgan fingerprint density at radius 1 is 1.15 bits per heavy atom. The molecule has 0 aliphatic carbocycles. The molecule has 0 saturated carbocycles. The number of benzene rings is 2. The number of nitriles is 1. The van der Waals surface area contributed by atoms with Gasteiger partial charge in [-0.15, -0.1) is 0 Å². The average molecular weight is 409 g/mol. The Hall–Kier alpha value is -2.58. The van der Waals surface area contributed by atoms with E-state index in [0.29, 0.717) is 5.56 Å². The zero-order chi connectivity index (χ0) is 18.8. The average Bonchev–Trinajstić information content (AvgIpc) is 2.96. The molecule has 0 fully saturated rings. The summed E-state index contributed by atoms with van der Waals surface area (Å²) >= 11 is 3.50. The molecule has 0 aliphatic rings. The summed E-state index contributed by atoms with van der Waals surface area (Å²) in [6.07, 6.45) is 0. The van der Waals surface area contributed by atoms with Crippen molar-refractivity contribution >= 4 is 27.3 Å². The van der Waals surface area contributed by atoms with Crippen molar-refractivity contribution in [1.29, 1.82) is 5.26 Å². The standard InChI is InChI=1S/C21H21BrN4/c1-5-26(18-9-8-17(12-23)19(22)11-18)20-10-16(7-6-13(20)2)21-14(3)24-25-15(21)4/h6-11H,5H2,1-4H3,(H,24,25). The number of rotatable bonds is 4. The lowest BCUT2D eigenvalue weighted by molar-refractivity contribution is 1.01. The van der Waals surface area contributed by atoms with Crippen molar-refractivity contribution in [2.75, 3.05) is 11.4 Å². The molecule has 1 N–H and O–H groups in total. The third-order valence-corrected chi connectivity index (χ3v) is 5.27. The van der Waals surface area contributed by atoms with Gasteiger partial charge in [-0.3, -0.25) is 5.10 Å². The van der Waals surface area contributed by atoms with Crippen molar-refractivity contribution in [3.8, 4) is 17.2 Å². The maximum Gasteiger partial charge on any atom is 0.100 e. The van der Waals surface area contributed by atoms with Gasteiger partial charge in [0.15, 0.2) is 0 Å². The van der Waals surface area contributed by atoms with E-state index in [2.05, 4.69) is 69.1 Å². The van der Waals surface area contributed by atoms with Crippen molar-refractivity contribution in [2.24, 2.45) is 0 Å². The molecule has 26 heavy (non-hydrogen) atoms. The lowest BCUT2D eigenvalue weighted by Gasteiger charge is -2.26. The van der Waals surface area contributed by atoms with Crippen LogP contribution >= 0.6 is 15.9 Å². The predicted octanol–water partition coefficient (Wildman–Crippen LogP) is 5.79. The normalized spacial score (nSPS) is 10.6. The van der Waals surface area contributed by atoms with Gasteiger partial charge in [0.1, 0.15) is 6.07 Å². The van der Waals surface area contributed by atoms with Crippen molar-refractivity contribution in [1.82, 2.24) is 10.2 Å². The fraction of sp³-hybridized carbons (Fsp3) is 0.238. The van der Waals surface area contributed by atoms with Gasteiger partial charge in [0, 0.05) is 33.6 Å². The molecule has 4 nitrogen and oxygen atoms in total. The van der Waals surface area contributed by atoms with Crippen LogP contribution in [-0.4, -0.2) is 16.7 Å². The molecule has 0 bridgehead atoms. The number of nitrogens with zero attached hydrogens (tertiary/aromatic N) is 3. The lowest BCUT2D eigenvalue weighted by Crippen LogP contribution is -2.17. The van der Waals surface area contributed by atoms with Gasteiger partial charge in [-0.1, -0.05) is 12.1 Å². The van der Waals surface area contributed by atoms with Crippen LogP contribution < -0.4 is 4.90 Å². The van der Waals surface area contributed by atoms with Crippen molar-refractivity contribution in [3.05, 3.63) is 63.4 Å². The molecular formula is C21H21BrN4. The maximum absolute atomic E-state index is 9.16. The van der Waals surface area contributed by atoms with Gasteiger partial charge in [-0.2, -0.15) is 10.4 Å². The van der Waals surface area contributed by atoms with Crippen LogP contribution in [0.2, 0.25) is 0 Å². The molecule has 0 radical (unpaired) electrons. The number of aromatic nitrogens is 2. The number of hydrogen-bond acceptors (Lipinski definition) is 3. The first-order chi connectivity index (χ1) is 12.5. The first kappa shape index (κ1) is 18.2. The molecule has 3 aromatic rings. The molecule has 0 amide bonds. The topological polar surface area (TPSA) is 55.7 Å². The van der Waals surface area contributed by atoms with E-state index < -0.39 is 0 Å². The third-order valence-electron chi connectivity index (χ3n) is 4.62. The van der Waals surface area contributed by atoms with Gasteiger partial charge in [0.2, 0.25) is 0 Å². The first-order valence-corrected chi connectivity index (χ1v) is 9.35. The van der Waals surface area contributed by atoms with Crippen LogP contribution in [-0.2, 0) is 0 Å². The largest absolute Gasteiger partial charge is 0.342 e. The minimum Gasteiger partial charge on any atom is -0.342 e. The SMILES string of the molecule is CCN(c1ccc(C#N)c(Br)c1)c1cc(-c2c(C)n[nH]c2C)ccc1C. The maximum atomic E-state index is 9.16. The monoisotopic (exact) mass is 408 g/mol. The van der Waals surface area contributed by atoms with Gasteiger partial charge < -0.3 is 4.90 Å². The molecule has 2 aromatic carbocycles. The number of halogens is 1. The summed E-state index contributed by atoms with van der Waals surface area (Å²) in [5, 5.41) is 16.5. The molecule has 132 valence electrons. The molecule has 5 heteroatoms. The second kappa shape index (κ2) is 7.35. The van der Waals surface area contributed by atoms with E-state index in [9.17, 15) is 0 Å².